The van der Waals surface area contributed by atoms with Crippen LogP contribution in [0.25, 0.3) is 0 Å². The second-order valence-electron chi connectivity index (χ2n) is 15.9. The Morgan fingerprint density at radius 2 is 1.88 bits per heavy atom. The number of carboxylic acids is 1. The molecule has 8 heteroatoms. The minimum atomic E-state index is -0.931. The maximum absolute atomic E-state index is 12.2. The highest BCUT2D eigenvalue weighted by Crippen LogP contribution is 2.78. The first-order valence-electron chi connectivity index (χ1n) is 16.1. The van der Waals surface area contributed by atoms with Crippen LogP contribution in [0.5, 0.6) is 11.5 Å². The minimum Gasteiger partial charge on any atom is -0.504 e. The molecule has 5 aliphatic carbocycles. The summed E-state index contributed by atoms with van der Waals surface area (Å²) in [6, 6.07) is 3.75. The van der Waals surface area contributed by atoms with E-state index in [-0.39, 0.29) is 39.9 Å². The van der Waals surface area contributed by atoms with Gasteiger partial charge >= 0.3 is 5.97 Å². The molecule has 0 aromatic heterocycles. The van der Waals surface area contributed by atoms with Crippen LogP contribution in [0.1, 0.15) is 91.2 Å². The standard InChI is InChI=1S/C29H41NO4.C5H11NO2/c1-25(2,3)26(4,32)20-15-27-10-11-29(20,33-5)24-28(27)12-13-30(16-17-6-7-17)21(27)14-18-8-9-19(31)23(34-24)22(18)28;1-3(2)4(6)5(7)8/h8-9,17,20-21,24,31-32H,6-7,10-16H2,1-5H3;3-4H,6H2,1-2H3,(H,7,8)/t20-,21-,24-,26+,27-,28+,29+;/m1./s1. The van der Waals surface area contributed by atoms with Gasteiger partial charge in [-0.25, -0.2) is 0 Å². The van der Waals surface area contributed by atoms with Crippen molar-refractivity contribution in [2.24, 2.45) is 34.3 Å². The number of fused-ring (bicyclic) bond motifs is 2. The number of hydrogen-bond acceptors (Lipinski definition) is 7. The third-order valence-electron chi connectivity index (χ3n) is 12.9. The smallest absolute Gasteiger partial charge is 0.320 e. The van der Waals surface area contributed by atoms with Crippen molar-refractivity contribution in [3.63, 3.8) is 0 Å². The number of nitrogens with two attached hydrogens (primary N) is 1. The van der Waals surface area contributed by atoms with Gasteiger partial charge < -0.3 is 30.5 Å². The zero-order chi connectivity index (χ0) is 30.6. The van der Waals surface area contributed by atoms with E-state index in [0.717, 1.165) is 44.6 Å². The number of phenols is 1. The average Bonchev–Trinajstić information content (AvgIpc) is 3.67. The summed E-state index contributed by atoms with van der Waals surface area (Å²) in [5.74, 6) is 0.893. The van der Waals surface area contributed by atoms with E-state index in [1.54, 1.807) is 13.8 Å². The number of hydrogen-bond donors (Lipinski definition) is 4. The van der Waals surface area contributed by atoms with Crippen molar-refractivity contribution in [1.29, 1.82) is 0 Å². The number of aromatic hydroxyl groups is 1. The van der Waals surface area contributed by atoms with Crippen LogP contribution in [0.2, 0.25) is 0 Å². The number of carboxylic acid groups (broad SMARTS) is 1. The lowest BCUT2D eigenvalue weighted by Crippen LogP contribution is -2.83. The average molecular weight is 585 g/mol. The predicted octanol–water partition coefficient (Wildman–Crippen LogP) is 4.47. The molecule has 8 rings (SSSR count). The Labute approximate surface area is 250 Å². The van der Waals surface area contributed by atoms with Crippen LogP contribution in [-0.2, 0) is 21.4 Å². The van der Waals surface area contributed by atoms with Gasteiger partial charge in [0.15, 0.2) is 11.5 Å². The Morgan fingerprint density at radius 1 is 1.19 bits per heavy atom. The fraction of sp³-hybridized carbons (Fsp3) is 0.794. The molecule has 0 radical (unpaired) electrons. The van der Waals surface area contributed by atoms with E-state index in [2.05, 4.69) is 31.7 Å². The molecule has 234 valence electrons. The molecule has 0 amide bonds. The van der Waals surface area contributed by atoms with Gasteiger partial charge in [0.1, 0.15) is 17.7 Å². The number of ether oxygens (including phenoxy) is 2. The molecule has 2 spiro atoms. The fourth-order valence-corrected chi connectivity index (χ4v) is 9.87. The fourth-order valence-electron chi connectivity index (χ4n) is 9.87. The predicted molar refractivity (Wildman–Crippen MR) is 161 cm³/mol. The number of rotatable bonds is 6. The minimum absolute atomic E-state index is 0.0208. The van der Waals surface area contributed by atoms with E-state index in [9.17, 15) is 15.0 Å². The number of aliphatic carboxylic acids is 1. The Hall–Kier alpha value is -1.87. The van der Waals surface area contributed by atoms with Crippen LogP contribution in [-0.4, -0.2) is 75.8 Å². The first kappa shape index (κ1) is 30.2. The van der Waals surface area contributed by atoms with Crippen LogP contribution in [0.4, 0.5) is 0 Å². The van der Waals surface area contributed by atoms with Gasteiger partial charge in [0.25, 0.3) is 0 Å². The third-order valence-corrected chi connectivity index (χ3v) is 12.9. The van der Waals surface area contributed by atoms with Crippen molar-refractivity contribution in [3.05, 3.63) is 23.3 Å². The molecule has 5 fully saturated rings. The van der Waals surface area contributed by atoms with Gasteiger partial charge in [0.2, 0.25) is 0 Å². The number of carbonyl (C=O) groups is 1. The summed E-state index contributed by atoms with van der Waals surface area (Å²) in [5.41, 5.74) is 5.94. The highest BCUT2D eigenvalue weighted by molar-refractivity contribution is 5.73. The summed E-state index contributed by atoms with van der Waals surface area (Å²) in [5, 5.41) is 31.4. The normalized spacial score (nSPS) is 38.2. The van der Waals surface area contributed by atoms with Gasteiger partial charge in [-0.2, -0.15) is 0 Å². The molecule has 7 aliphatic rings. The topological polar surface area (TPSA) is 125 Å². The van der Waals surface area contributed by atoms with Crippen molar-refractivity contribution in [2.45, 2.75) is 121 Å². The molecule has 1 saturated heterocycles. The van der Waals surface area contributed by atoms with E-state index in [0.29, 0.717) is 11.8 Å². The van der Waals surface area contributed by atoms with Crippen molar-refractivity contribution < 1.29 is 29.6 Å². The van der Waals surface area contributed by atoms with Crippen LogP contribution in [0.3, 0.4) is 0 Å². The molecule has 1 aromatic rings. The molecule has 5 N–H and O–H groups in total. The Balaban J connectivity index is 0.000000350. The molecule has 8 atom stereocenters. The van der Waals surface area contributed by atoms with Crippen LogP contribution in [0.15, 0.2) is 12.1 Å². The lowest BCUT2D eigenvalue weighted by Gasteiger charge is -2.75. The second kappa shape index (κ2) is 9.56. The van der Waals surface area contributed by atoms with Crippen LogP contribution in [0, 0.1) is 28.6 Å². The zero-order valence-electron chi connectivity index (χ0n) is 26.6. The number of aliphatic hydroxyl groups is 1. The highest BCUT2D eigenvalue weighted by atomic mass is 16.6. The Bertz CT molecular complexity index is 1250. The zero-order valence-corrected chi connectivity index (χ0v) is 26.6. The first-order valence-corrected chi connectivity index (χ1v) is 16.1. The van der Waals surface area contributed by atoms with Crippen LogP contribution >= 0.6 is 0 Å². The lowest BCUT2D eigenvalue weighted by molar-refractivity contribution is -0.312. The molecule has 1 unspecified atom stereocenters. The van der Waals surface area contributed by atoms with Crippen LogP contribution < -0.4 is 10.5 Å². The monoisotopic (exact) mass is 584 g/mol. The Kier molecular flexibility index (Phi) is 6.87. The summed E-state index contributed by atoms with van der Waals surface area (Å²) in [4.78, 5) is 12.8. The summed E-state index contributed by atoms with van der Waals surface area (Å²) >= 11 is 0. The maximum Gasteiger partial charge on any atom is 0.320 e. The van der Waals surface area contributed by atoms with E-state index in [4.69, 9.17) is 20.3 Å². The van der Waals surface area contributed by atoms with Gasteiger partial charge in [-0.15, -0.1) is 0 Å². The summed E-state index contributed by atoms with van der Waals surface area (Å²) in [7, 11) is 1.83. The molecular formula is C34H52N2O6. The number of nitrogens with zero attached hydrogens (tertiary/aromatic N) is 1. The van der Waals surface area contributed by atoms with Crippen molar-refractivity contribution in [2.75, 3.05) is 20.2 Å². The van der Waals surface area contributed by atoms with Gasteiger partial charge in [0.05, 0.1) is 5.60 Å². The molecule has 8 nitrogen and oxygen atoms in total. The number of benzene rings is 1. The summed E-state index contributed by atoms with van der Waals surface area (Å²) in [6.45, 7) is 14.4. The molecule has 1 aromatic carbocycles. The third kappa shape index (κ3) is 3.83. The SMILES string of the molecule is CC(C)C(N)C(=O)O.CO[C@@]12CC[C@@]3(C[C@@H]1[C@](C)(O)C(C)(C)C)[C@H]1Cc4ccc(O)c5c4[C@@]3(CCN1CC1CC1)[C@H]2O5. The molecule has 42 heavy (non-hydrogen) atoms. The van der Waals surface area contributed by atoms with Crippen molar-refractivity contribution in [3.8, 4) is 11.5 Å². The van der Waals surface area contributed by atoms with Gasteiger partial charge in [-0.1, -0.05) is 40.7 Å². The molecule has 4 saturated carbocycles. The molecule has 2 heterocycles. The van der Waals surface area contributed by atoms with E-state index < -0.39 is 23.2 Å². The van der Waals surface area contributed by atoms with E-state index in [1.165, 1.54) is 30.5 Å². The highest BCUT2D eigenvalue weighted by Gasteiger charge is 2.82. The largest absolute Gasteiger partial charge is 0.504 e. The van der Waals surface area contributed by atoms with Crippen molar-refractivity contribution in [1.82, 2.24) is 4.90 Å². The second-order valence-corrected chi connectivity index (χ2v) is 15.9. The first-order chi connectivity index (χ1) is 19.6. The molecule has 4 bridgehead atoms. The molecular weight excluding hydrogens is 532 g/mol. The number of likely N-dealkylation sites (tertiary alicyclic amines) is 1. The summed E-state index contributed by atoms with van der Waals surface area (Å²) in [6.07, 6.45) is 7.64. The lowest BCUT2D eigenvalue weighted by atomic mass is 9.33. The Morgan fingerprint density at radius 3 is 2.43 bits per heavy atom. The van der Waals surface area contributed by atoms with E-state index in [1.807, 2.05) is 20.1 Å². The number of piperidine rings is 1. The van der Waals surface area contributed by atoms with E-state index >= 15 is 0 Å². The number of methoxy groups -OCH3 is 1. The van der Waals surface area contributed by atoms with Gasteiger partial charge in [-0.05, 0) is 87.3 Å². The van der Waals surface area contributed by atoms with Gasteiger partial charge in [0, 0.05) is 42.0 Å². The summed E-state index contributed by atoms with van der Waals surface area (Å²) < 4.78 is 13.5. The van der Waals surface area contributed by atoms with Crippen molar-refractivity contribution >= 4 is 5.97 Å². The molecule has 2 aliphatic heterocycles. The van der Waals surface area contributed by atoms with Gasteiger partial charge in [-0.3, -0.25) is 9.69 Å². The maximum atomic E-state index is 12.2. The quantitative estimate of drug-likeness (QED) is 0.386. The number of phenolic OH excluding ortho intramolecular Hbond substituents is 1.